The topological polar surface area (TPSA) is 29.5 Å². The Morgan fingerprint density at radius 2 is 2.19 bits per heavy atom. The quantitative estimate of drug-likeness (QED) is 0.697. The van der Waals surface area contributed by atoms with E-state index in [-0.39, 0.29) is 17.9 Å². The zero-order valence-electron chi connectivity index (χ0n) is 9.66. The van der Waals surface area contributed by atoms with E-state index in [2.05, 4.69) is 0 Å². The highest BCUT2D eigenvalue weighted by Crippen LogP contribution is 2.23. The Morgan fingerprint density at radius 1 is 1.31 bits per heavy atom. The molecule has 2 fully saturated rings. The largest absolute Gasteiger partial charge is 0.381 e. The predicted molar refractivity (Wildman–Crippen MR) is 63.6 cm³/mol. The zero-order chi connectivity index (χ0) is 11.4. The predicted octanol–water partition coefficient (Wildman–Crippen LogP) is 2.03. The number of likely N-dealkylation sites (tertiary alicyclic amines) is 1. The summed E-state index contributed by atoms with van der Waals surface area (Å²) >= 11 is 5.93. The van der Waals surface area contributed by atoms with E-state index in [1.165, 1.54) is 6.42 Å². The van der Waals surface area contributed by atoms with Crippen LogP contribution in [0, 0.1) is 5.92 Å². The summed E-state index contributed by atoms with van der Waals surface area (Å²) in [4.78, 5) is 14.3. The molecule has 0 N–H and O–H groups in total. The molecule has 2 saturated heterocycles. The van der Waals surface area contributed by atoms with Gasteiger partial charge in [-0.2, -0.15) is 0 Å². The number of amides is 1. The molecule has 0 bridgehead atoms. The van der Waals surface area contributed by atoms with Crippen molar-refractivity contribution < 1.29 is 9.53 Å². The second kappa shape index (κ2) is 5.87. The number of hydrogen-bond acceptors (Lipinski definition) is 2. The molecule has 3 nitrogen and oxygen atoms in total. The Bertz CT molecular complexity index is 241. The first-order valence-corrected chi connectivity index (χ1v) is 6.80. The number of ether oxygens (including phenoxy) is 1. The van der Waals surface area contributed by atoms with Crippen molar-refractivity contribution in [3.63, 3.8) is 0 Å². The fourth-order valence-electron chi connectivity index (χ4n) is 2.62. The third kappa shape index (κ3) is 2.69. The molecule has 0 saturated carbocycles. The van der Waals surface area contributed by atoms with Crippen LogP contribution in [-0.4, -0.2) is 42.5 Å². The van der Waals surface area contributed by atoms with Gasteiger partial charge in [-0.25, -0.2) is 0 Å². The molecule has 2 rings (SSSR count). The molecular formula is C12H20ClNO2. The number of nitrogens with zero attached hydrogens (tertiary/aromatic N) is 1. The lowest BCUT2D eigenvalue weighted by atomic mass is 9.96. The molecule has 0 aromatic carbocycles. The first kappa shape index (κ1) is 12.2. The van der Waals surface area contributed by atoms with Gasteiger partial charge in [-0.3, -0.25) is 4.79 Å². The molecule has 1 amide bonds. The Labute approximate surface area is 102 Å². The lowest BCUT2D eigenvalue weighted by molar-refractivity contribution is -0.142. The van der Waals surface area contributed by atoms with Gasteiger partial charge in [0.15, 0.2) is 0 Å². The molecule has 2 unspecified atom stereocenters. The van der Waals surface area contributed by atoms with Crippen molar-refractivity contribution in [3.8, 4) is 0 Å². The van der Waals surface area contributed by atoms with Crippen molar-refractivity contribution in [3.05, 3.63) is 0 Å². The van der Waals surface area contributed by atoms with Crippen LogP contribution in [-0.2, 0) is 9.53 Å². The Morgan fingerprint density at radius 3 is 2.88 bits per heavy atom. The monoisotopic (exact) mass is 245 g/mol. The van der Waals surface area contributed by atoms with Gasteiger partial charge in [-0.05, 0) is 32.1 Å². The maximum Gasteiger partial charge on any atom is 0.228 e. The summed E-state index contributed by atoms with van der Waals surface area (Å²) in [6, 6.07) is 0.254. The van der Waals surface area contributed by atoms with Gasteiger partial charge in [-0.15, -0.1) is 11.6 Å². The highest BCUT2D eigenvalue weighted by Gasteiger charge is 2.31. The first-order chi connectivity index (χ1) is 7.83. The summed E-state index contributed by atoms with van der Waals surface area (Å²) in [5.41, 5.74) is 0. The van der Waals surface area contributed by atoms with Crippen molar-refractivity contribution in [2.45, 2.75) is 38.1 Å². The van der Waals surface area contributed by atoms with Gasteiger partial charge >= 0.3 is 0 Å². The number of hydrogen-bond donors (Lipinski definition) is 0. The van der Waals surface area contributed by atoms with E-state index in [0.29, 0.717) is 12.5 Å². The SMILES string of the molecule is O=C(C1CCCOC1)N1CCCCC1CCl. The molecule has 0 radical (unpaired) electrons. The molecule has 4 heteroatoms. The standard InChI is InChI=1S/C12H20ClNO2/c13-8-11-5-1-2-6-14(11)12(15)10-4-3-7-16-9-10/h10-11H,1-9H2. The summed E-state index contributed by atoms with van der Waals surface area (Å²) in [5, 5.41) is 0. The maximum atomic E-state index is 12.3. The highest BCUT2D eigenvalue weighted by atomic mass is 35.5. The minimum absolute atomic E-state index is 0.0811. The smallest absolute Gasteiger partial charge is 0.228 e. The number of halogens is 1. The number of carbonyl (C=O) groups is 1. The second-order valence-electron chi connectivity index (χ2n) is 4.75. The van der Waals surface area contributed by atoms with Crippen LogP contribution in [0.25, 0.3) is 0 Å². The lowest BCUT2D eigenvalue weighted by Crippen LogP contribution is -2.48. The van der Waals surface area contributed by atoms with Crippen molar-refractivity contribution in [1.82, 2.24) is 4.90 Å². The minimum atomic E-state index is 0.0811. The fourth-order valence-corrected chi connectivity index (χ4v) is 2.94. The maximum absolute atomic E-state index is 12.3. The van der Waals surface area contributed by atoms with E-state index in [1.54, 1.807) is 0 Å². The van der Waals surface area contributed by atoms with Crippen LogP contribution >= 0.6 is 11.6 Å². The molecule has 16 heavy (non-hydrogen) atoms. The van der Waals surface area contributed by atoms with Crippen molar-refractivity contribution >= 4 is 17.5 Å². The van der Waals surface area contributed by atoms with E-state index in [1.807, 2.05) is 4.90 Å². The van der Waals surface area contributed by atoms with E-state index in [9.17, 15) is 4.79 Å². The molecular weight excluding hydrogens is 226 g/mol. The van der Waals surface area contributed by atoms with Crippen molar-refractivity contribution in [2.75, 3.05) is 25.6 Å². The summed E-state index contributed by atoms with van der Waals surface area (Å²) in [7, 11) is 0. The summed E-state index contributed by atoms with van der Waals surface area (Å²) in [6.07, 6.45) is 5.36. The van der Waals surface area contributed by atoms with E-state index in [4.69, 9.17) is 16.3 Å². The third-order valence-corrected chi connectivity index (χ3v) is 3.95. The van der Waals surface area contributed by atoms with Crippen molar-refractivity contribution in [2.24, 2.45) is 5.92 Å². The normalized spacial score (nSPS) is 31.4. The van der Waals surface area contributed by atoms with Gasteiger partial charge in [0, 0.05) is 25.1 Å². The van der Waals surface area contributed by atoms with Gasteiger partial charge < -0.3 is 9.64 Å². The zero-order valence-corrected chi connectivity index (χ0v) is 10.4. The van der Waals surface area contributed by atoms with Gasteiger partial charge in [0.2, 0.25) is 5.91 Å². The first-order valence-electron chi connectivity index (χ1n) is 6.27. The number of alkyl halides is 1. The molecule has 0 spiro atoms. The molecule has 0 aromatic rings. The minimum Gasteiger partial charge on any atom is -0.381 e. The molecule has 2 aliphatic rings. The third-order valence-electron chi connectivity index (χ3n) is 3.60. The molecule has 2 atom stereocenters. The van der Waals surface area contributed by atoms with Crippen LogP contribution in [0.4, 0.5) is 0 Å². The number of piperidine rings is 1. The Hall–Kier alpha value is -0.280. The van der Waals surface area contributed by atoms with Gasteiger partial charge in [-0.1, -0.05) is 0 Å². The Kier molecular flexibility index (Phi) is 4.47. The van der Waals surface area contributed by atoms with Gasteiger partial charge in [0.1, 0.15) is 0 Å². The fraction of sp³-hybridized carbons (Fsp3) is 0.917. The molecule has 92 valence electrons. The molecule has 0 aliphatic carbocycles. The van der Waals surface area contributed by atoms with Crippen LogP contribution in [0.15, 0.2) is 0 Å². The van der Waals surface area contributed by atoms with Crippen molar-refractivity contribution in [1.29, 1.82) is 0 Å². The second-order valence-corrected chi connectivity index (χ2v) is 5.06. The highest BCUT2D eigenvalue weighted by molar-refractivity contribution is 6.18. The average molecular weight is 246 g/mol. The number of carbonyl (C=O) groups excluding carboxylic acids is 1. The molecule has 2 aliphatic heterocycles. The van der Waals surface area contributed by atoms with Crippen LogP contribution in [0.5, 0.6) is 0 Å². The summed E-state index contributed by atoms with van der Waals surface area (Å²) in [5.74, 6) is 0.918. The van der Waals surface area contributed by atoms with Gasteiger partial charge in [0.25, 0.3) is 0 Å². The Balaban J connectivity index is 1.95. The average Bonchev–Trinajstić information content (AvgIpc) is 2.39. The van der Waals surface area contributed by atoms with Crippen LogP contribution in [0.3, 0.4) is 0 Å². The van der Waals surface area contributed by atoms with Crippen LogP contribution < -0.4 is 0 Å². The van der Waals surface area contributed by atoms with E-state index >= 15 is 0 Å². The van der Waals surface area contributed by atoms with Gasteiger partial charge in [0.05, 0.1) is 12.5 Å². The van der Waals surface area contributed by atoms with Crippen LogP contribution in [0.2, 0.25) is 0 Å². The van der Waals surface area contributed by atoms with E-state index < -0.39 is 0 Å². The molecule has 0 aromatic heterocycles. The summed E-state index contributed by atoms with van der Waals surface area (Å²) in [6.45, 7) is 2.29. The lowest BCUT2D eigenvalue weighted by Gasteiger charge is -2.37. The molecule has 2 heterocycles. The van der Waals surface area contributed by atoms with Crippen LogP contribution in [0.1, 0.15) is 32.1 Å². The summed E-state index contributed by atoms with van der Waals surface area (Å²) < 4.78 is 5.38. The number of rotatable bonds is 2. The van der Waals surface area contributed by atoms with E-state index in [0.717, 1.165) is 38.8 Å².